The molecule has 0 spiro atoms. The third kappa shape index (κ3) is 9620. The molecule has 54 valence electrons. The van der Waals surface area contributed by atoms with Crippen molar-refractivity contribution in [3.8, 4) is 0 Å². The maximum absolute atomic E-state index is 9.22. The van der Waals surface area contributed by atoms with Gasteiger partial charge in [0.25, 0.3) is 0 Å². The first-order valence-electron chi connectivity index (χ1n) is 1.82. The summed E-state index contributed by atoms with van der Waals surface area (Å²) in [5, 5.41) is 2.17. The summed E-state index contributed by atoms with van der Waals surface area (Å²) in [6, 6.07) is 0. The molecule has 0 heterocycles. The van der Waals surface area contributed by atoms with Crippen LogP contribution in [0.25, 0.3) is 0 Å². The van der Waals surface area contributed by atoms with Gasteiger partial charge >= 0.3 is 0 Å². The van der Waals surface area contributed by atoms with Crippen molar-refractivity contribution in [2.45, 2.75) is 14.4 Å². The van der Waals surface area contributed by atoms with Gasteiger partial charge in [0.15, 0.2) is 0 Å². The Morgan fingerprint density at radius 3 is 1.89 bits per heavy atom. The van der Waals surface area contributed by atoms with Crippen LogP contribution in [-0.2, 0) is 4.79 Å². The lowest BCUT2D eigenvalue weighted by atomic mass is 10.8. The Balaban J connectivity index is -0.0000000720. The second kappa shape index (κ2) is 15.7. The standard InChI is InChI=1S/C2H5NO.C2H3NS.CH4/c1-2(3)4;3-1-2-4;/h1H3,(H2,3,4);1H,3H2;1H4. The molecule has 0 bridgehead atoms. The molecular formula is C5H12N2OS. The molecule has 1 amide bonds. The predicted molar refractivity (Wildman–Crippen MR) is 43.0 cm³/mol. The highest BCUT2D eigenvalue weighted by Crippen LogP contribution is 1.33. The summed E-state index contributed by atoms with van der Waals surface area (Å²) in [6.45, 7) is 1.31. The van der Waals surface area contributed by atoms with Gasteiger partial charge in [-0.3, -0.25) is 4.79 Å². The number of carbonyl (C=O) groups is 1. The predicted octanol–water partition coefficient (Wildman–Crippen LogP) is 0.185. The quantitative estimate of drug-likeness (QED) is 0.482. The zero-order chi connectivity index (χ0) is 6.99. The van der Waals surface area contributed by atoms with E-state index in [0.29, 0.717) is 0 Å². The third-order valence-electron chi connectivity index (χ3n) is 0.0680. The number of rotatable bonds is 0. The van der Waals surface area contributed by atoms with E-state index in [-0.39, 0.29) is 13.3 Å². The number of primary amides is 1. The minimum Gasteiger partial charge on any atom is -0.398 e. The zero-order valence-corrected chi connectivity index (χ0v) is 5.37. The van der Waals surface area contributed by atoms with Gasteiger partial charge < -0.3 is 11.5 Å². The summed E-state index contributed by atoms with van der Waals surface area (Å²) in [5.74, 6) is -0.333. The Kier molecular flexibility index (Phi) is 27.4. The van der Waals surface area contributed by atoms with Crippen molar-refractivity contribution < 1.29 is 4.79 Å². The van der Waals surface area contributed by atoms with E-state index in [1.54, 1.807) is 0 Å². The van der Waals surface area contributed by atoms with E-state index in [4.69, 9.17) is 0 Å². The molecule has 0 rings (SSSR count). The molecule has 0 aromatic carbocycles. The highest BCUT2D eigenvalue weighted by Gasteiger charge is 1.61. The molecule has 0 saturated heterocycles. The van der Waals surface area contributed by atoms with Gasteiger partial charge in [-0.15, -0.1) is 0 Å². The minimum atomic E-state index is -0.333. The molecule has 0 aliphatic rings. The van der Waals surface area contributed by atoms with Crippen molar-refractivity contribution in [3.05, 3.63) is 6.20 Å². The number of thiocarbonyl (C=S) groups is 1. The van der Waals surface area contributed by atoms with Crippen LogP contribution in [0.1, 0.15) is 14.4 Å². The van der Waals surface area contributed by atoms with E-state index < -0.39 is 0 Å². The van der Waals surface area contributed by atoms with Crippen LogP contribution in [0.4, 0.5) is 0 Å². The van der Waals surface area contributed by atoms with Crippen LogP contribution in [-0.4, -0.2) is 10.9 Å². The lowest BCUT2D eigenvalue weighted by Gasteiger charge is -1.60. The van der Waals surface area contributed by atoms with Gasteiger partial charge in [-0.1, -0.05) is 7.43 Å². The van der Waals surface area contributed by atoms with Crippen LogP contribution >= 0.6 is 12.2 Å². The number of amides is 1. The van der Waals surface area contributed by atoms with E-state index in [1.807, 2.05) is 0 Å². The number of hydrogen-bond acceptors (Lipinski definition) is 3. The van der Waals surface area contributed by atoms with Gasteiger partial charge in [0.2, 0.25) is 5.91 Å². The van der Waals surface area contributed by atoms with Crippen LogP contribution in [0.5, 0.6) is 0 Å². The first-order chi connectivity index (χ1) is 3.65. The van der Waals surface area contributed by atoms with Crippen LogP contribution in [0.3, 0.4) is 0 Å². The number of nitrogens with two attached hydrogens (primary N) is 2. The Morgan fingerprint density at radius 2 is 1.89 bits per heavy atom. The Morgan fingerprint density at radius 1 is 1.78 bits per heavy atom. The fraction of sp³-hybridized carbons (Fsp3) is 0.400. The summed E-state index contributed by atoms with van der Waals surface area (Å²) < 4.78 is 0. The third-order valence-corrected chi connectivity index (χ3v) is 0.204. The fourth-order valence-electron chi connectivity index (χ4n) is 0. The minimum absolute atomic E-state index is 0. The molecule has 3 nitrogen and oxygen atoms in total. The van der Waals surface area contributed by atoms with Crippen molar-refractivity contribution in [1.82, 2.24) is 0 Å². The van der Waals surface area contributed by atoms with Gasteiger partial charge in [0, 0.05) is 13.1 Å². The van der Waals surface area contributed by atoms with Crippen molar-refractivity contribution in [2.75, 3.05) is 0 Å². The molecule has 9 heavy (non-hydrogen) atoms. The van der Waals surface area contributed by atoms with E-state index in [9.17, 15) is 4.79 Å². The highest BCUT2D eigenvalue weighted by molar-refractivity contribution is 7.78. The summed E-state index contributed by atoms with van der Waals surface area (Å²) in [7, 11) is 0. The average Bonchev–Trinajstić information content (AvgIpc) is 1.65. The van der Waals surface area contributed by atoms with Crippen LogP contribution in [0.15, 0.2) is 6.20 Å². The summed E-state index contributed by atoms with van der Waals surface area (Å²) >= 11 is 4.12. The second-order valence-electron chi connectivity index (χ2n) is 0.895. The molecule has 0 aromatic heterocycles. The Bertz CT molecular complexity index is 104. The lowest BCUT2D eigenvalue weighted by molar-refractivity contribution is -0.115. The molecule has 0 atom stereocenters. The topological polar surface area (TPSA) is 69.1 Å². The van der Waals surface area contributed by atoms with E-state index >= 15 is 0 Å². The molecule has 0 radical (unpaired) electrons. The molecular weight excluding hydrogens is 136 g/mol. The average molecular weight is 148 g/mol. The monoisotopic (exact) mass is 148 g/mol. The Labute approximate surface area is 60.7 Å². The first kappa shape index (κ1) is 15.7. The van der Waals surface area contributed by atoms with Crippen molar-refractivity contribution in [1.29, 1.82) is 0 Å². The largest absolute Gasteiger partial charge is 0.398 e. The normalized spacial score (nSPS) is 4.56. The second-order valence-corrected chi connectivity index (χ2v) is 1.13. The molecule has 0 fully saturated rings. The number of carbonyl (C=O) groups excluding carboxylic acids is 1. The van der Waals surface area contributed by atoms with E-state index in [2.05, 4.69) is 28.7 Å². The highest BCUT2D eigenvalue weighted by atomic mass is 32.1. The molecule has 0 unspecified atom stereocenters. The molecule has 4 N–H and O–H groups in total. The zero-order valence-electron chi connectivity index (χ0n) is 4.55. The molecule has 0 aromatic rings. The molecule has 4 heteroatoms. The van der Waals surface area contributed by atoms with Gasteiger partial charge in [0.05, 0.1) is 0 Å². The van der Waals surface area contributed by atoms with Crippen molar-refractivity contribution >= 4 is 23.1 Å². The first-order valence-corrected chi connectivity index (χ1v) is 2.23. The van der Waals surface area contributed by atoms with Crippen molar-refractivity contribution in [2.24, 2.45) is 11.5 Å². The maximum Gasteiger partial charge on any atom is 0.214 e. The fourth-order valence-corrected chi connectivity index (χ4v) is 0. The van der Waals surface area contributed by atoms with Crippen LogP contribution < -0.4 is 11.5 Å². The van der Waals surface area contributed by atoms with Gasteiger partial charge in [-0.05, 0) is 17.2 Å². The summed E-state index contributed by atoms with van der Waals surface area (Å²) in [5.41, 5.74) is 9.16. The summed E-state index contributed by atoms with van der Waals surface area (Å²) in [6.07, 6.45) is 1.19. The Hall–Kier alpha value is -0.860. The summed E-state index contributed by atoms with van der Waals surface area (Å²) in [4.78, 5) is 9.22. The van der Waals surface area contributed by atoms with Gasteiger partial charge in [-0.25, -0.2) is 0 Å². The number of hydrogen-bond donors (Lipinski definition) is 2. The van der Waals surface area contributed by atoms with E-state index in [0.717, 1.165) is 0 Å². The SMILES string of the molecule is C.CC(N)=O.NC=C=S. The maximum atomic E-state index is 9.22. The molecule has 0 aliphatic heterocycles. The molecule has 0 saturated carbocycles. The smallest absolute Gasteiger partial charge is 0.214 e. The molecule has 0 aliphatic carbocycles. The van der Waals surface area contributed by atoms with Gasteiger partial charge in [-0.2, -0.15) is 0 Å². The van der Waals surface area contributed by atoms with E-state index in [1.165, 1.54) is 13.1 Å². The van der Waals surface area contributed by atoms with Crippen LogP contribution in [0.2, 0.25) is 0 Å². The van der Waals surface area contributed by atoms with Crippen molar-refractivity contribution in [3.63, 3.8) is 0 Å². The van der Waals surface area contributed by atoms with Gasteiger partial charge in [0.1, 0.15) is 0 Å². The van der Waals surface area contributed by atoms with Crippen LogP contribution in [0, 0.1) is 0 Å². The lowest BCUT2D eigenvalue weighted by Crippen LogP contribution is -2.01.